The van der Waals surface area contributed by atoms with Crippen molar-refractivity contribution in [3.63, 3.8) is 0 Å². The fraction of sp³-hybridized carbons (Fsp3) is 0.444. The van der Waals surface area contributed by atoms with Crippen molar-refractivity contribution in [1.29, 1.82) is 21.2 Å². The predicted octanol–water partition coefficient (Wildman–Crippen LogP) is 2.85. The molecule has 24 heavy (non-hydrogen) atoms. The number of rotatable bonds is 2. The van der Waals surface area contributed by atoms with Crippen LogP contribution < -0.4 is 0 Å². The first-order chi connectivity index (χ1) is 11.5. The van der Waals surface area contributed by atoms with Crippen molar-refractivity contribution in [3.05, 3.63) is 35.9 Å². The maximum absolute atomic E-state index is 10.0. The van der Waals surface area contributed by atoms with Gasteiger partial charge in [-0.15, -0.1) is 0 Å². The minimum atomic E-state index is -1.77. The number of nitrogens with one attached hydrogen (secondary N) is 1. The fourth-order valence-electron chi connectivity index (χ4n) is 4.13. The molecule has 4 atom stereocenters. The Morgan fingerprint density at radius 2 is 1.75 bits per heavy atom. The highest BCUT2D eigenvalue weighted by Gasteiger charge is 2.78. The molecule has 3 aliphatic rings. The SMILES string of the molecule is CC[C@H]1O[C@@]2(C)OC(=N)[C@@]1(C#N)C(C#N)(C#N)[C@H]2c1ccccc1. The summed E-state index contributed by atoms with van der Waals surface area (Å²) < 4.78 is 11.7. The zero-order chi connectivity index (χ0) is 17.6. The molecule has 0 saturated carbocycles. The van der Waals surface area contributed by atoms with Gasteiger partial charge in [-0.25, -0.2) is 0 Å². The van der Waals surface area contributed by atoms with Crippen LogP contribution in [-0.2, 0) is 9.47 Å². The molecular formula is C18H16N4O2. The number of nitriles is 3. The summed E-state index contributed by atoms with van der Waals surface area (Å²) in [4.78, 5) is 0. The van der Waals surface area contributed by atoms with E-state index in [9.17, 15) is 15.8 Å². The third-order valence-electron chi connectivity index (χ3n) is 5.13. The molecule has 0 unspecified atom stereocenters. The minimum absolute atomic E-state index is 0.360. The van der Waals surface area contributed by atoms with Gasteiger partial charge < -0.3 is 9.47 Å². The van der Waals surface area contributed by atoms with Crippen LogP contribution >= 0.6 is 0 Å². The van der Waals surface area contributed by atoms with Crippen LogP contribution in [0.4, 0.5) is 0 Å². The van der Waals surface area contributed by atoms with Crippen molar-refractivity contribution in [3.8, 4) is 18.2 Å². The summed E-state index contributed by atoms with van der Waals surface area (Å²) in [5.41, 5.74) is -2.86. The van der Waals surface area contributed by atoms with Gasteiger partial charge in [0.15, 0.2) is 10.8 Å². The van der Waals surface area contributed by atoms with Gasteiger partial charge in [-0.05, 0) is 12.0 Å². The van der Waals surface area contributed by atoms with Crippen LogP contribution in [0.3, 0.4) is 0 Å². The molecule has 0 spiro atoms. The van der Waals surface area contributed by atoms with Gasteiger partial charge in [-0.1, -0.05) is 37.3 Å². The number of benzene rings is 1. The van der Waals surface area contributed by atoms with E-state index in [2.05, 4.69) is 12.1 Å². The minimum Gasteiger partial charge on any atom is -0.447 e. The van der Waals surface area contributed by atoms with Crippen molar-refractivity contribution in [2.24, 2.45) is 10.8 Å². The van der Waals surface area contributed by atoms with Gasteiger partial charge >= 0.3 is 0 Å². The Morgan fingerprint density at radius 1 is 1.12 bits per heavy atom. The zero-order valence-electron chi connectivity index (χ0n) is 13.4. The summed E-state index contributed by atoms with van der Waals surface area (Å²) in [5.74, 6) is -2.53. The highest BCUT2D eigenvalue weighted by molar-refractivity contribution is 5.89. The van der Waals surface area contributed by atoms with Gasteiger partial charge in [0.2, 0.25) is 11.7 Å². The molecule has 0 radical (unpaired) electrons. The normalized spacial score (nSPS) is 36.0. The Kier molecular flexibility index (Phi) is 3.37. The molecule has 0 aromatic heterocycles. The molecule has 1 aromatic rings. The highest BCUT2D eigenvalue weighted by Crippen LogP contribution is 2.65. The van der Waals surface area contributed by atoms with Crippen LogP contribution in [-0.4, -0.2) is 17.8 Å². The summed E-state index contributed by atoms with van der Waals surface area (Å²) in [6.07, 6.45) is -0.366. The van der Waals surface area contributed by atoms with Gasteiger partial charge in [-0.3, -0.25) is 5.41 Å². The van der Waals surface area contributed by atoms with E-state index in [0.717, 1.165) is 0 Å². The van der Waals surface area contributed by atoms with E-state index in [1.165, 1.54) is 0 Å². The topological polar surface area (TPSA) is 114 Å². The van der Waals surface area contributed by atoms with Crippen molar-refractivity contribution in [2.45, 2.75) is 38.1 Å². The Hall–Kier alpha value is -2.88. The lowest BCUT2D eigenvalue weighted by atomic mass is 9.50. The molecule has 4 rings (SSSR count). The average molecular weight is 320 g/mol. The van der Waals surface area contributed by atoms with Gasteiger partial charge in [0.05, 0.1) is 30.2 Å². The third-order valence-corrected chi connectivity index (χ3v) is 5.13. The molecule has 3 aliphatic heterocycles. The van der Waals surface area contributed by atoms with E-state index in [1.807, 2.05) is 12.1 Å². The van der Waals surface area contributed by atoms with Gasteiger partial charge in [0.25, 0.3) is 0 Å². The van der Waals surface area contributed by atoms with Crippen molar-refractivity contribution in [2.75, 3.05) is 0 Å². The van der Waals surface area contributed by atoms with E-state index in [1.54, 1.807) is 38.1 Å². The number of hydrogen-bond donors (Lipinski definition) is 1. The summed E-state index contributed by atoms with van der Waals surface area (Å²) in [6.45, 7) is 3.43. The molecule has 0 amide bonds. The third kappa shape index (κ3) is 1.58. The Labute approximate surface area is 140 Å². The molecule has 120 valence electrons. The molecule has 1 aromatic carbocycles. The average Bonchev–Trinajstić information content (AvgIpc) is 2.60. The van der Waals surface area contributed by atoms with Gasteiger partial charge in [0, 0.05) is 6.92 Å². The molecule has 2 bridgehead atoms. The van der Waals surface area contributed by atoms with Crippen LogP contribution in [0.5, 0.6) is 0 Å². The number of nitrogens with zero attached hydrogens (tertiary/aromatic N) is 3. The van der Waals surface area contributed by atoms with Crippen LogP contribution in [0.15, 0.2) is 30.3 Å². The Balaban J connectivity index is 2.37. The quantitative estimate of drug-likeness (QED) is 0.900. The monoisotopic (exact) mass is 320 g/mol. The molecule has 6 nitrogen and oxygen atoms in total. The first-order valence-corrected chi connectivity index (χ1v) is 7.70. The lowest BCUT2D eigenvalue weighted by Crippen LogP contribution is -2.73. The second-order valence-corrected chi connectivity index (χ2v) is 6.26. The Bertz CT molecular complexity index is 802. The summed E-state index contributed by atoms with van der Waals surface area (Å²) in [7, 11) is 0. The smallest absolute Gasteiger partial charge is 0.219 e. The lowest BCUT2D eigenvalue weighted by Gasteiger charge is -2.61. The summed E-state index contributed by atoms with van der Waals surface area (Å²) in [6, 6.07) is 15.2. The summed E-state index contributed by atoms with van der Waals surface area (Å²) >= 11 is 0. The maximum atomic E-state index is 10.0. The zero-order valence-corrected chi connectivity index (χ0v) is 13.4. The van der Waals surface area contributed by atoms with E-state index in [0.29, 0.717) is 12.0 Å². The molecule has 0 aliphatic carbocycles. The standard InChI is InChI=1S/C18H16N4O2/c1-3-13-18(11-21)15(22)24-16(2,23-13)14(17(18,9-19)10-20)12-7-5-4-6-8-12/h4-8,13-14,22H,3H2,1-2H3/t13-,14+,16+,18+/m1/s1. The Morgan fingerprint density at radius 3 is 2.25 bits per heavy atom. The highest BCUT2D eigenvalue weighted by atomic mass is 16.7. The summed E-state index contributed by atoms with van der Waals surface area (Å²) in [5, 5.41) is 38.2. The van der Waals surface area contributed by atoms with Crippen molar-refractivity contribution < 1.29 is 9.47 Å². The van der Waals surface area contributed by atoms with Crippen LogP contribution in [0.1, 0.15) is 31.7 Å². The van der Waals surface area contributed by atoms with Crippen LogP contribution in [0.2, 0.25) is 0 Å². The first kappa shape index (κ1) is 16.0. The van der Waals surface area contributed by atoms with Crippen LogP contribution in [0, 0.1) is 50.2 Å². The van der Waals surface area contributed by atoms with Gasteiger partial charge in [0.1, 0.15) is 0 Å². The number of hydrogen-bond acceptors (Lipinski definition) is 6. The molecular weight excluding hydrogens is 304 g/mol. The molecule has 3 heterocycles. The van der Waals surface area contributed by atoms with Crippen molar-refractivity contribution in [1.82, 2.24) is 0 Å². The predicted molar refractivity (Wildman–Crippen MR) is 83.3 cm³/mol. The number of ether oxygens (including phenoxy) is 2. The van der Waals surface area contributed by atoms with Crippen molar-refractivity contribution >= 4 is 5.90 Å². The largest absolute Gasteiger partial charge is 0.447 e. The molecule has 1 N–H and O–H groups in total. The molecule has 3 fully saturated rings. The maximum Gasteiger partial charge on any atom is 0.219 e. The van der Waals surface area contributed by atoms with Gasteiger partial charge in [-0.2, -0.15) is 15.8 Å². The lowest BCUT2D eigenvalue weighted by molar-refractivity contribution is -0.319. The first-order valence-electron chi connectivity index (χ1n) is 7.70. The van der Waals surface area contributed by atoms with E-state index in [4.69, 9.17) is 14.9 Å². The van der Waals surface area contributed by atoms with E-state index in [-0.39, 0.29) is 5.90 Å². The molecule has 3 saturated heterocycles. The molecule has 6 heteroatoms. The van der Waals surface area contributed by atoms with Crippen LogP contribution in [0.25, 0.3) is 0 Å². The van der Waals surface area contributed by atoms with E-state index < -0.39 is 28.6 Å². The van der Waals surface area contributed by atoms with E-state index >= 15 is 0 Å². The second-order valence-electron chi connectivity index (χ2n) is 6.26. The second kappa shape index (κ2) is 5.06. The fourth-order valence-corrected chi connectivity index (χ4v) is 4.13. The number of fused-ring (bicyclic) bond motifs is 3.